The molecule has 0 unspecified atom stereocenters. The minimum absolute atomic E-state index is 0.0674. The van der Waals surface area contributed by atoms with Crippen LogP contribution < -0.4 is 5.32 Å². The maximum Gasteiger partial charge on any atom is 0.280 e. The Balaban J connectivity index is 2.30. The summed E-state index contributed by atoms with van der Waals surface area (Å²) in [7, 11) is 0. The fourth-order valence-corrected chi connectivity index (χ4v) is 3.30. The van der Waals surface area contributed by atoms with Crippen LogP contribution >= 0.6 is 11.3 Å². The predicted octanol–water partition coefficient (Wildman–Crippen LogP) is 3.19. The van der Waals surface area contributed by atoms with Gasteiger partial charge in [-0.15, -0.1) is 11.3 Å². The number of aryl methyl sites for hydroxylation is 1. The summed E-state index contributed by atoms with van der Waals surface area (Å²) >= 11 is 1.12. The van der Waals surface area contributed by atoms with Gasteiger partial charge in [0.25, 0.3) is 6.43 Å². The number of alkyl halides is 2. The lowest BCUT2D eigenvalue weighted by Gasteiger charge is -2.17. The molecule has 3 rings (SSSR count). The zero-order chi connectivity index (χ0) is 13.7. The maximum atomic E-state index is 12.7. The van der Waals surface area contributed by atoms with Crippen LogP contribution in [0.1, 0.15) is 22.6 Å². The second-order valence-electron chi connectivity index (χ2n) is 4.29. The van der Waals surface area contributed by atoms with E-state index in [9.17, 15) is 19.0 Å². The summed E-state index contributed by atoms with van der Waals surface area (Å²) in [4.78, 5) is 4.83. The molecule has 19 heavy (non-hydrogen) atoms. The Bertz CT molecular complexity index is 697. The van der Waals surface area contributed by atoms with Gasteiger partial charge in [-0.05, 0) is 18.6 Å². The van der Waals surface area contributed by atoms with Crippen molar-refractivity contribution in [2.24, 2.45) is 0 Å². The fraction of sp³-hybridized carbons (Fsp3) is 0.250. The molecule has 0 radical (unpaired) electrons. The molecule has 3 heterocycles. The first kappa shape index (κ1) is 12.3. The highest BCUT2D eigenvalue weighted by Gasteiger charge is 2.25. The third-order valence-electron chi connectivity index (χ3n) is 2.94. The van der Waals surface area contributed by atoms with E-state index >= 15 is 0 Å². The lowest BCUT2D eigenvalue weighted by molar-refractivity contribution is 0.146. The van der Waals surface area contributed by atoms with Crippen molar-refractivity contribution in [3.63, 3.8) is 0 Å². The second-order valence-corrected chi connectivity index (χ2v) is 5.29. The summed E-state index contributed by atoms with van der Waals surface area (Å²) in [6, 6.07) is 1.32. The first-order valence-electron chi connectivity index (χ1n) is 5.55. The molecular weight excluding hydrogens is 274 g/mol. The summed E-state index contributed by atoms with van der Waals surface area (Å²) in [5, 5.41) is 22.8. The topological polar surface area (TPSA) is 65.4 Å². The van der Waals surface area contributed by atoms with Gasteiger partial charge in [-0.1, -0.05) is 0 Å². The van der Waals surface area contributed by atoms with Crippen LogP contribution in [0.25, 0.3) is 16.0 Å². The van der Waals surface area contributed by atoms with Gasteiger partial charge in [0.2, 0.25) is 0 Å². The first-order chi connectivity index (χ1) is 8.97. The summed E-state index contributed by atoms with van der Waals surface area (Å²) in [6.07, 6.45) is -2.38. The molecule has 0 bridgehead atoms. The third-order valence-corrected chi connectivity index (χ3v) is 4.05. The molecular formula is C12H10F2N2O2S. The molecule has 1 aliphatic rings. The Morgan fingerprint density at radius 2 is 2.21 bits per heavy atom. The molecule has 2 aromatic heterocycles. The molecule has 100 valence electrons. The van der Waals surface area contributed by atoms with E-state index in [-0.39, 0.29) is 11.5 Å². The molecule has 0 saturated heterocycles. The molecule has 2 aromatic rings. The van der Waals surface area contributed by atoms with E-state index < -0.39 is 12.7 Å². The molecule has 1 atom stereocenters. The molecule has 0 spiro atoms. The van der Waals surface area contributed by atoms with Crippen molar-refractivity contribution >= 4 is 33.0 Å². The molecule has 0 fully saturated rings. The number of aliphatic hydroxyl groups excluding tert-OH is 2. The van der Waals surface area contributed by atoms with Crippen LogP contribution in [-0.2, 0) is 0 Å². The van der Waals surface area contributed by atoms with Gasteiger partial charge >= 0.3 is 0 Å². The van der Waals surface area contributed by atoms with Gasteiger partial charge in [-0.2, -0.15) is 0 Å². The normalized spacial score (nSPS) is 18.4. The summed E-state index contributed by atoms with van der Waals surface area (Å²) in [5.74, 6) is -0.0674. The van der Waals surface area contributed by atoms with Crippen LogP contribution in [0, 0.1) is 6.92 Å². The number of hydrogen-bond acceptors (Lipinski definition) is 5. The summed E-state index contributed by atoms with van der Waals surface area (Å²) in [5.41, 5.74) is 0.887. The number of halogens is 2. The smallest absolute Gasteiger partial charge is 0.280 e. The van der Waals surface area contributed by atoms with Crippen LogP contribution in [-0.4, -0.2) is 21.4 Å². The molecule has 4 nitrogen and oxygen atoms in total. The lowest BCUT2D eigenvalue weighted by atomic mass is 10.1. The van der Waals surface area contributed by atoms with Crippen molar-refractivity contribution < 1.29 is 19.0 Å². The number of aliphatic hydroxyl groups is 2. The predicted molar refractivity (Wildman–Crippen MR) is 69.5 cm³/mol. The highest BCUT2D eigenvalue weighted by molar-refractivity contribution is 7.20. The molecule has 3 N–H and O–H groups in total. The second kappa shape index (κ2) is 4.14. The van der Waals surface area contributed by atoms with Gasteiger partial charge in [-0.25, -0.2) is 13.8 Å². The zero-order valence-electron chi connectivity index (χ0n) is 9.82. The number of pyridine rings is 1. The van der Waals surface area contributed by atoms with E-state index in [4.69, 9.17) is 0 Å². The average Bonchev–Trinajstić information content (AvgIpc) is 2.68. The highest BCUT2D eigenvalue weighted by Crippen LogP contribution is 2.43. The van der Waals surface area contributed by atoms with E-state index in [0.29, 0.717) is 26.3 Å². The monoisotopic (exact) mass is 284 g/mol. The maximum absolute atomic E-state index is 12.7. The standard InChI is InChI=1S/C12H10F2N2O2S/c1-4-2-5(11(13)14)15-12-8(4)9-10(19-12)6(17)3-7(18)16-9/h2-3,7,11,16-18H,1H3/t7-/m0/s1. The Labute approximate surface area is 111 Å². The molecule has 0 amide bonds. The minimum atomic E-state index is -2.63. The Morgan fingerprint density at radius 1 is 1.47 bits per heavy atom. The van der Waals surface area contributed by atoms with Crippen molar-refractivity contribution in [3.05, 3.63) is 28.3 Å². The number of aromatic nitrogens is 1. The number of thiophene rings is 1. The largest absolute Gasteiger partial charge is 0.507 e. The van der Waals surface area contributed by atoms with E-state index in [1.807, 2.05) is 0 Å². The Morgan fingerprint density at radius 3 is 2.89 bits per heavy atom. The van der Waals surface area contributed by atoms with E-state index in [1.54, 1.807) is 6.92 Å². The van der Waals surface area contributed by atoms with Gasteiger partial charge in [0, 0.05) is 11.5 Å². The van der Waals surface area contributed by atoms with Crippen LogP contribution in [0.3, 0.4) is 0 Å². The van der Waals surface area contributed by atoms with Gasteiger partial charge in [0.15, 0.2) is 0 Å². The SMILES string of the molecule is Cc1cc(C(F)F)nc2sc3c(c12)N[C@@H](O)C=C3O. The fourth-order valence-electron chi connectivity index (χ4n) is 2.15. The number of fused-ring (bicyclic) bond motifs is 3. The highest BCUT2D eigenvalue weighted by atomic mass is 32.1. The number of anilines is 1. The van der Waals surface area contributed by atoms with Crippen LogP contribution in [0.15, 0.2) is 12.1 Å². The Kier molecular flexibility index (Phi) is 2.68. The average molecular weight is 284 g/mol. The van der Waals surface area contributed by atoms with Crippen LogP contribution in [0.4, 0.5) is 14.5 Å². The van der Waals surface area contributed by atoms with E-state index in [2.05, 4.69) is 10.3 Å². The summed E-state index contributed by atoms with van der Waals surface area (Å²) < 4.78 is 25.4. The van der Waals surface area contributed by atoms with Gasteiger partial charge in [0.1, 0.15) is 22.5 Å². The number of nitrogens with one attached hydrogen (secondary N) is 1. The number of nitrogens with zero attached hydrogens (tertiary/aromatic N) is 1. The number of rotatable bonds is 1. The van der Waals surface area contributed by atoms with Crippen molar-refractivity contribution in [2.75, 3.05) is 5.32 Å². The number of hydrogen-bond donors (Lipinski definition) is 3. The molecule has 0 saturated carbocycles. The van der Waals surface area contributed by atoms with E-state index in [0.717, 1.165) is 11.3 Å². The van der Waals surface area contributed by atoms with Crippen molar-refractivity contribution in [3.8, 4) is 0 Å². The molecule has 7 heteroatoms. The van der Waals surface area contributed by atoms with Crippen molar-refractivity contribution in [1.82, 2.24) is 4.98 Å². The third kappa shape index (κ3) is 1.85. The van der Waals surface area contributed by atoms with Crippen molar-refractivity contribution in [1.29, 1.82) is 0 Å². The first-order valence-corrected chi connectivity index (χ1v) is 6.37. The molecule has 0 aromatic carbocycles. The summed E-state index contributed by atoms with van der Waals surface area (Å²) in [6.45, 7) is 1.70. The van der Waals surface area contributed by atoms with Gasteiger partial charge in [-0.3, -0.25) is 0 Å². The molecule has 0 aliphatic carbocycles. The minimum Gasteiger partial charge on any atom is -0.507 e. The van der Waals surface area contributed by atoms with E-state index in [1.165, 1.54) is 12.1 Å². The lowest BCUT2D eigenvalue weighted by Crippen LogP contribution is -2.19. The van der Waals surface area contributed by atoms with Crippen LogP contribution in [0.2, 0.25) is 0 Å². The Hall–Kier alpha value is -1.73. The van der Waals surface area contributed by atoms with Gasteiger partial charge in [0.05, 0.1) is 10.6 Å². The van der Waals surface area contributed by atoms with Crippen LogP contribution in [0.5, 0.6) is 0 Å². The quantitative estimate of drug-likeness (QED) is 0.752. The molecule has 1 aliphatic heterocycles. The van der Waals surface area contributed by atoms with Crippen molar-refractivity contribution in [2.45, 2.75) is 19.6 Å². The van der Waals surface area contributed by atoms with Gasteiger partial charge < -0.3 is 15.5 Å². The zero-order valence-corrected chi connectivity index (χ0v) is 10.6.